The van der Waals surface area contributed by atoms with Crippen LogP contribution in [0.5, 0.6) is 0 Å². The third-order valence-electron chi connectivity index (χ3n) is 3.92. The largest absolute Gasteiger partial charge is 0.338 e. The standard InChI is InChI=1S/C17H27N3O3S/c1-17(2,3)19-24(22,23)15-7-5-14(6-8-15)16(21)20-10-9-13(12-20)11-18-4/h5-8,13,18-19H,9-12H2,1-4H3. The minimum Gasteiger partial charge on any atom is -0.338 e. The van der Waals surface area contributed by atoms with Crippen LogP contribution in [0.3, 0.4) is 0 Å². The van der Waals surface area contributed by atoms with Crippen LogP contribution in [-0.2, 0) is 10.0 Å². The highest BCUT2D eigenvalue weighted by molar-refractivity contribution is 7.89. The molecule has 1 heterocycles. The summed E-state index contributed by atoms with van der Waals surface area (Å²) in [6.07, 6.45) is 0.995. The van der Waals surface area contributed by atoms with Crippen LogP contribution >= 0.6 is 0 Å². The van der Waals surface area contributed by atoms with Crippen LogP contribution in [0.2, 0.25) is 0 Å². The number of likely N-dealkylation sites (tertiary alicyclic amines) is 1. The normalized spacial score (nSPS) is 18.8. The van der Waals surface area contributed by atoms with Gasteiger partial charge in [0.25, 0.3) is 5.91 Å². The summed E-state index contributed by atoms with van der Waals surface area (Å²) in [7, 11) is -1.67. The lowest BCUT2D eigenvalue weighted by Crippen LogP contribution is -2.40. The predicted molar refractivity (Wildman–Crippen MR) is 94.5 cm³/mol. The van der Waals surface area contributed by atoms with Crippen LogP contribution in [0.4, 0.5) is 0 Å². The van der Waals surface area contributed by atoms with Gasteiger partial charge in [-0.05, 0) is 71.0 Å². The van der Waals surface area contributed by atoms with Crippen molar-refractivity contribution in [2.24, 2.45) is 5.92 Å². The van der Waals surface area contributed by atoms with Crippen LogP contribution in [0, 0.1) is 5.92 Å². The van der Waals surface area contributed by atoms with Crippen LogP contribution in [0.25, 0.3) is 0 Å². The molecule has 24 heavy (non-hydrogen) atoms. The molecule has 0 aliphatic carbocycles. The van der Waals surface area contributed by atoms with Gasteiger partial charge in [0.2, 0.25) is 10.0 Å². The van der Waals surface area contributed by atoms with Crippen molar-refractivity contribution < 1.29 is 13.2 Å². The summed E-state index contributed by atoms with van der Waals surface area (Å²) in [6, 6.07) is 6.15. The molecule has 1 saturated heterocycles. The zero-order valence-corrected chi connectivity index (χ0v) is 15.6. The molecule has 1 atom stereocenters. The monoisotopic (exact) mass is 353 g/mol. The lowest BCUT2D eigenvalue weighted by atomic mass is 10.1. The molecule has 134 valence electrons. The predicted octanol–water partition coefficient (Wildman–Crippen LogP) is 1.44. The Morgan fingerprint density at radius 2 is 1.88 bits per heavy atom. The second-order valence-corrected chi connectivity index (χ2v) is 9.03. The highest BCUT2D eigenvalue weighted by atomic mass is 32.2. The van der Waals surface area contributed by atoms with Gasteiger partial charge < -0.3 is 10.2 Å². The molecule has 6 nitrogen and oxygen atoms in total. The number of hydrogen-bond acceptors (Lipinski definition) is 4. The van der Waals surface area contributed by atoms with E-state index in [2.05, 4.69) is 10.0 Å². The SMILES string of the molecule is CNCC1CCN(C(=O)c2ccc(S(=O)(=O)NC(C)(C)C)cc2)C1. The quantitative estimate of drug-likeness (QED) is 0.840. The first-order chi connectivity index (χ1) is 11.1. The Morgan fingerprint density at radius 1 is 1.25 bits per heavy atom. The summed E-state index contributed by atoms with van der Waals surface area (Å²) in [6.45, 7) is 7.76. The fraction of sp³-hybridized carbons (Fsp3) is 0.588. The molecule has 1 aromatic rings. The van der Waals surface area contributed by atoms with E-state index in [-0.39, 0.29) is 10.8 Å². The van der Waals surface area contributed by atoms with Gasteiger partial charge in [0.05, 0.1) is 4.90 Å². The molecule has 7 heteroatoms. The minimum atomic E-state index is -3.58. The van der Waals surface area contributed by atoms with Crippen molar-refractivity contribution in [3.8, 4) is 0 Å². The van der Waals surface area contributed by atoms with Crippen molar-refractivity contribution in [2.75, 3.05) is 26.7 Å². The number of amides is 1. The molecule has 0 radical (unpaired) electrons. The molecule has 0 spiro atoms. The molecule has 1 aromatic carbocycles. The van der Waals surface area contributed by atoms with E-state index in [1.165, 1.54) is 12.1 Å². The Morgan fingerprint density at radius 3 is 2.42 bits per heavy atom. The van der Waals surface area contributed by atoms with E-state index in [4.69, 9.17) is 0 Å². The Labute approximate surface area is 144 Å². The zero-order valence-electron chi connectivity index (χ0n) is 14.8. The third kappa shape index (κ3) is 4.78. The molecule has 0 bridgehead atoms. The van der Waals surface area contributed by atoms with Gasteiger partial charge in [0, 0.05) is 24.2 Å². The van der Waals surface area contributed by atoms with E-state index in [9.17, 15) is 13.2 Å². The first-order valence-electron chi connectivity index (χ1n) is 8.20. The Balaban J connectivity index is 2.08. The van der Waals surface area contributed by atoms with Crippen molar-refractivity contribution >= 4 is 15.9 Å². The lowest BCUT2D eigenvalue weighted by molar-refractivity contribution is 0.0787. The topological polar surface area (TPSA) is 78.5 Å². The number of rotatable bonds is 5. The average molecular weight is 353 g/mol. The molecule has 2 rings (SSSR count). The highest BCUT2D eigenvalue weighted by Gasteiger charge is 2.27. The molecule has 2 N–H and O–H groups in total. The molecule has 1 aliphatic heterocycles. The number of benzene rings is 1. The first-order valence-corrected chi connectivity index (χ1v) is 9.68. The Kier molecular flexibility index (Phi) is 5.67. The molecular weight excluding hydrogens is 326 g/mol. The number of sulfonamides is 1. The number of nitrogens with one attached hydrogen (secondary N) is 2. The van der Waals surface area contributed by atoms with Gasteiger partial charge in [-0.2, -0.15) is 0 Å². The Bertz CT molecular complexity index is 678. The summed E-state index contributed by atoms with van der Waals surface area (Å²) in [4.78, 5) is 14.5. The van der Waals surface area contributed by atoms with Gasteiger partial charge in [-0.15, -0.1) is 0 Å². The van der Waals surface area contributed by atoms with Crippen LogP contribution < -0.4 is 10.0 Å². The molecule has 1 aliphatic rings. The number of nitrogens with zero attached hydrogens (tertiary/aromatic N) is 1. The summed E-state index contributed by atoms with van der Waals surface area (Å²) >= 11 is 0. The van der Waals surface area contributed by atoms with E-state index in [1.54, 1.807) is 32.9 Å². The van der Waals surface area contributed by atoms with Gasteiger partial charge in [0.15, 0.2) is 0 Å². The fourth-order valence-electron chi connectivity index (χ4n) is 2.89. The van der Waals surface area contributed by atoms with Gasteiger partial charge in [-0.25, -0.2) is 13.1 Å². The van der Waals surface area contributed by atoms with Crippen LogP contribution in [0.1, 0.15) is 37.6 Å². The summed E-state index contributed by atoms with van der Waals surface area (Å²) in [5.74, 6) is 0.441. The highest BCUT2D eigenvalue weighted by Crippen LogP contribution is 2.19. The van der Waals surface area contributed by atoms with E-state index >= 15 is 0 Å². The van der Waals surface area contributed by atoms with Crippen molar-refractivity contribution in [3.05, 3.63) is 29.8 Å². The van der Waals surface area contributed by atoms with Gasteiger partial charge in [-0.3, -0.25) is 4.79 Å². The second kappa shape index (κ2) is 7.21. The van der Waals surface area contributed by atoms with E-state index < -0.39 is 15.6 Å². The maximum Gasteiger partial charge on any atom is 0.253 e. The van der Waals surface area contributed by atoms with Gasteiger partial charge in [0.1, 0.15) is 0 Å². The van der Waals surface area contributed by atoms with E-state index in [1.807, 2.05) is 11.9 Å². The number of hydrogen-bond donors (Lipinski definition) is 2. The van der Waals surface area contributed by atoms with Crippen molar-refractivity contribution in [2.45, 2.75) is 37.6 Å². The van der Waals surface area contributed by atoms with Crippen molar-refractivity contribution in [3.63, 3.8) is 0 Å². The van der Waals surface area contributed by atoms with Crippen molar-refractivity contribution in [1.29, 1.82) is 0 Å². The molecule has 1 fully saturated rings. The number of carbonyl (C=O) groups excluding carboxylic acids is 1. The number of carbonyl (C=O) groups is 1. The lowest BCUT2D eigenvalue weighted by Gasteiger charge is -2.20. The fourth-order valence-corrected chi connectivity index (χ4v) is 4.31. The molecular formula is C17H27N3O3S. The average Bonchev–Trinajstić information content (AvgIpc) is 2.93. The smallest absolute Gasteiger partial charge is 0.253 e. The van der Waals surface area contributed by atoms with E-state index in [0.29, 0.717) is 11.5 Å². The molecule has 1 amide bonds. The van der Waals surface area contributed by atoms with Gasteiger partial charge >= 0.3 is 0 Å². The molecule has 0 saturated carbocycles. The van der Waals surface area contributed by atoms with E-state index in [0.717, 1.165) is 26.1 Å². The summed E-state index contributed by atoms with van der Waals surface area (Å²) < 4.78 is 27.2. The molecule has 0 aromatic heterocycles. The van der Waals surface area contributed by atoms with Crippen LogP contribution in [-0.4, -0.2) is 51.4 Å². The summed E-state index contributed by atoms with van der Waals surface area (Å²) in [5, 5.41) is 3.14. The van der Waals surface area contributed by atoms with Crippen LogP contribution in [0.15, 0.2) is 29.2 Å². The zero-order chi connectivity index (χ0) is 18.0. The van der Waals surface area contributed by atoms with Crippen molar-refractivity contribution in [1.82, 2.24) is 14.9 Å². The summed E-state index contributed by atoms with van der Waals surface area (Å²) in [5.41, 5.74) is -0.0274. The first kappa shape index (κ1) is 18.9. The Hall–Kier alpha value is -1.44. The second-order valence-electron chi connectivity index (χ2n) is 7.34. The maximum absolute atomic E-state index is 12.5. The third-order valence-corrected chi connectivity index (χ3v) is 5.69. The maximum atomic E-state index is 12.5. The van der Waals surface area contributed by atoms with Gasteiger partial charge in [-0.1, -0.05) is 0 Å². The minimum absolute atomic E-state index is 0.0404. The molecule has 1 unspecified atom stereocenters.